The molecule has 0 aliphatic rings. The molecule has 0 amide bonds. The minimum Gasteiger partial charge on any atom is -0.496 e. The summed E-state index contributed by atoms with van der Waals surface area (Å²) in [6.07, 6.45) is 1.65. The monoisotopic (exact) mass is 321 g/mol. The molecule has 1 N–H and O–H groups in total. The molecule has 3 rings (SSSR count). The average Bonchev–Trinajstić information content (AvgIpc) is 2.62. The van der Waals surface area contributed by atoms with Crippen molar-refractivity contribution >= 4 is 28.4 Å². The van der Waals surface area contributed by atoms with E-state index in [1.807, 2.05) is 36.4 Å². The molecule has 0 aliphatic heterocycles. The molecule has 0 heterocycles. The van der Waals surface area contributed by atoms with Gasteiger partial charge in [0.15, 0.2) is 0 Å². The van der Waals surface area contributed by atoms with Crippen LogP contribution < -0.4 is 10.2 Å². The van der Waals surface area contributed by atoms with Gasteiger partial charge in [0.05, 0.1) is 23.9 Å². The fraction of sp³-hybridized carbons (Fsp3) is 0.0556. The molecule has 0 saturated heterocycles. The maximum Gasteiger partial charge on any atom is 0.271 e. The molecule has 3 aromatic rings. The van der Waals surface area contributed by atoms with Crippen molar-refractivity contribution in [3.05, 3.63) is 76.3 Å². The Labute approximate surface area is 138 Å². The number of nitrogens with one attached hydrogen (secondary N) is 1. The summed E-state index contributed by atoms with van der Waals surface area (Å²) in [4.78, 5) is 10.4. The summed E-state index contributed by atoms with van der Waals surface area (Å²) in [5, 5.41) is 17.1. The highest BCUT2D eigenvalue weighted by Gasteiger charge is 2.07. The summed E-state index contributed by atoms with van der Waals surface area (Å²) >= 11 is 0. The predicted molar refractivity (Wildman–Crippen MR) is 94.8 cm³/mol. The van der Waals surface area contributed by atoms with E-state index in [0.717, 1.165) is 16.3 Å². The second-order valence-corrected chi connectivity index (χ2v) is 5.08. The quantitative estimate of drug-likeness (QED) is 0.434. The Kier molecular flexibility index (Phi) is 4.38. The first-order valence-corrected chi connectivity index (χ1v) is 7.28. The molecule has 0 bridgehead atoms. The van der Waals surface area contributed by atoms with Crippen molar-refractivity contribution in [1.82, 2.24) is 0 Å². The van der Waals surface area contributed by atoms with E-state index >= 15 is 0 Å². The minimum absolute atomic E-state index is 0.0120. The normalized spacial score (nSPS) is 10.9. The lowest BCUT2D eigenvalue weighted by molar-refractivity contribution is -0.384. The number of benzene rings is 3. The van der Waals surface area contributed by atoms with Crippen LogP contribution in [0.4, 0.5) is 11.4 Å². The second-order valence-electron chi connectivity index (χ2n) is 5.08. The summed E-state index contributed by atoms with van der Waals surface area (Å²) in [6.45, 7) is 0. The molecule has 0 atom stereocenters. The third-order valence-corrected chi connectivity index (χ3v) is 3.59. The van der Waals surface area contributed by atoms with E-state index in [9.17, 15) is 10.1 Å². The number of non-ortho nitro benzene ring substituents is 1. The second kappa shape index (κ2) is 6.78. The van der Waals surface area contributed by atoms with Gasteiger partial charge in [-0.25, -0.2) is 0 Å². The van der Waals surface area contributed by atoms with Crippen molar-refractivity contribution in [1.29, 1.82) is 0 Å². The first-order valence-electron chi connectivity index (χ1n) is 7.28. The van der Waals surface area contributed by atoms with Gasteiger partial charge in [-0.15, -0.1) is 0 Å². The van der Waals surface area contributed by atoms with Gasteiger partial charge in [0.1, 0.15) is 5.75 Å². The van der Waals surface area contributed by atoms with Gasteiger partial charge in [-0.2, -0.15) is 5.10 Å². The Morgan fingerprint density at radius 1 is 1.12 bits per heavy atom. The molecule has 0 aliphatic carbocycles. The number of ether oxygens (including phenoxy) is 1. The summed E-state index contributed by atoms with van der Waals surface area (Å²) in [6, 6.07) is 18.0. The zero-order valence-corrected chi connectivity index (χ0v) is 13.0. The van der Waals surface area contributed by atoms with Crippen molar-refractivity contribution < 1.29 is 9.66 Å². The van der Waals surface area contributed by atoms with Gasteiger partial charge in [-0.3, -0.25) is 15.5 Å². The fourth-order valence-electron chi connectivity index (χ4n) is 2.45. The highest BCUT2D eigenvalue weighted by molar-refractivity contribution is 6.02. The van der Waals surface area contributed by atoms with E-state index in [1.54, 1.807) is 25.5 Å². The molecular formula is C18H15N3O3. The van der Waals surface area contributed by atoms with Gasteiger partial charge in [0.2, 0.25) is 0 Å². The third kappa shape index (κ3) is 3.17. The molecule has 6 heteroatoms. The largest absolute Gasteiger partial charge is 0.496 e. The maximum absolute atomic E-state index is 10.8. The van der Waals surface area contributed by atoms with E-state index < -0.39 is 4.92 Å². The van der Waals surface area contributed by atoms with Crippen molar-refractivity contribution in [2.75, 3.05) is 12.5 Å². The zero-order chi connectivity index (χ0) is 16.9. The topological polar surface area (TPSA) is 76.8 Å². The van der Waals surface area contributed by atoms with E-state index in [2.05, 4.69) is 10.5 Å². The molecule has 0 spiro atoms. The van der Waals surface area contributed by atoms with Crippen molar-refractivity contribution in [2.45, 2.75) is 0 Å². The van der Waals surface area contributed by atoms with E-state index in [1.165, 1.54) is 12.1 Å². The lowest BCUT2D eigenvalue weighted by Gasteiger charge is -2.08. The lowest BCUT2D eigenvalue weighted by atomic mass is 10.0. The Hall–Kier alpha value is -3.41. The summed E-state index contributed by atoms with van der Waals surface area (Å²) in [7, 11) is 1.61. The fourth-order valence-corrected chi connectivity index (χ4v) is 2.45. The standard InChI is InChI=1S/C18H15N3O3/c1-24-18-10-9-13-5-2-3-8-16(13)17(18)12-19-20-14-6-4-7-15(11-14)21(22)23/h2-12,20H,1H3. The number of hydrazone groups is 1. The summed E-state index contributed by atoms with van der Waals surface area (Å²) in [5.41, 5.74) is 4.21. The van der Waals surface area contributed by atoms with Crippen LogP contribution in [0.15, 0.2) is 65.8 Å². The number of nitro groups is 1. The van der Waals surface area contributed by atoms with Crippen LogP contribution in [0.25, 0.3) is 10.8 Å². The Balaban J connectivity index is 1.90. The number of nitro benzene ring substituents is 1. The van der Waals surface area contributed by atoms with Crippen LogP contribution in [0, 0.1) is 10.1 Å². The van der Waals surface area contributed by atoms with Crippen LogP contribution >= 0.6 is 0 Å². The van der Waals surface area contributed by atoms with E-state index in [-0.39, 0.29) is 5.69 Å². The molecule has 120 valence electrons. The zero-order valence-electron chi connectivity index (χ0n) is 13.0. The first-order chi connectivity index (χ1) is 11.7. The molecule has 0 fully saturated rings. The predicted octanol–water partition coefficient (Wildman–Crippen LogP) is 4.20. The Bertz CT molecular complexity index is 922. The number of anilines is 1. The van der Waals surface area contributed by atoms with E-state index in [0.29, 0.717) is 11.4 Å². The van der Waals surface area contributed by atoms with Crippen molar-refractivity contribution in [3.63, 3.8) is 0 Å². The minimum atomic E-state index is -0.442. The Morgan fingerprint density at radius 3 is 2.75 bits per heavy atom. The molecule has 0 saturated carbocycles. The maximum atomic E-state index is 10.8. The SMILES string of the molecule is COc1ccc2ccccc2c1C=NNc1cccc([N+](=O)[O-])c1. The molecule has 24 heavy (non-hydrogen) atoms. The van der Waals surface area contributed by atoms with Crippen LogP contribution in [0.5, 0.6) is 5.75 Å². The molecule has 0 radical (unpaired) electrons. The Morgan fingerprint density at radius 2 is 1.96 bits per heavy atom. The van der Waals surface area contributed by atoms with Crippen LogP contribution in [-0.4, -0.2) is 18.2 Å². The summed E-state index contributed by atoms with van der Waals surface area (Å²) < 4.78 is 5.40. The highest BCUT2D eigenvalue weighted by Crippen LogP contribution is 2.26. The number of fused-ring (bicyclic) bond motifs is 1. The third-order valence-electron chi connectivity index (χ3n) is 3.59. The van der Waals surface area contributed by atoms with Gasteiger partial charge < -0.3 is 4.74 Å². The molecule has 3 aromatic carbocycles. The first kappa shape index (κ1) is 15.5. The summed E-state index contributed by atoms with van der Waals surface area (Å²) in [5.74, 6) is 0.707. The number of methoxy groups -OCH3 is 1. The van der Waals surface area contributed by atoms with Gasteiger partial charge in [-0.05, 0) is 22.9 Å². The smallest absolute Gasteiger partial charge is 0.271 e. The number of rotatable bonds is 5. The highest BCUT2D eigenvalue weighted by atomic mass is 16.6. The number of hydrogen-bond acceptors (Lipinski definition) is 5. The molecule has 0 unspecified atom stereocenters. The number of nitrogens with zero attached hydrogens (tertiary/aromatic N) is 2. The average molecular weight is 321 g/mol. The van der Waals surface area contributed by atoms with Gasteiger partial charge in [0.25, 0.3) is 5.69 Å². The molecule has 6 nitrogen and oxygen atoms in total. The van der Waals surface area contributed by atoms with Crippen LogP contribution in [0.2, 0.25) is 0 Å². The molecule has 0 aromatic heterocycles. The lowest BCUT2D eigenvalue weighted by Crippen LogP contribution is -1.96. The van der Waals surface area contributed by atoms with Crippen molar-refractivity contribution in [2.24, 2.45) is 5.10 Å². The van der Waals surface area contributed by atoms with Gasteiger partial charge in [-0.1, -0.05) is 36.4 Å². The molecular weight excluding hydrogens is 306 g/mol. The van der Waals surface area contributed by atoms with Crippen LogP contribution in [0.3, 0.4) is 0 Å². The number of hydrogen-bond donors (Lipinski definition) is 1. The van der Waals surface area contributed by atoms with E-state index in [4.69, 9.17) is 4.74 Å². The van der Waals surface area contributed by atoms with Crippen molar-refractivity contribution in [3.8, 4) is 5.75 Å². The van der Waals surface area contributed by atoms with Gasteiger partial charge >= 0.3 is 0 Å². The van der Waals surface area contributed by atoms with Crippen LogP contribution in [0.1, 0.15) is 5.56 Å². The van der Waals surface area contributed by atoms with Gasteiger partial charge in [0, 0.05) is 17.7 Å². The van der Waals surface area contributed by atoms with Crippen LogP contribution in [-0.2, 0) is 0 Å².